The van der Waals surface area contributed by atoms with Gasteiger partial charge in [-0.1, -0.05) is 35.9 Å². The third-order valence-electron chi connectivity index (χ3n) is 4.83. The van der Waals surface area contributed by atoms with Crippen molar-refractivity contribution in [2.75, 3.05) is 13.7 Å². The lowest BCUT2D eigenvalue weighted by Crippen LogP contribution is -2.34. The highest BCUT2D eigenvalue weighted by molar-refractivity contribution is 5.99. The molecule has 0 spiro atoms. The molecule has 0 saturated heterocycles. The number of carbonyl (C=O) groups excluding carboxylic acids is 2. The van der Waals surface area contributed by atoms with E-state index in [2.05, 4.69) is 5.32 Å². The van der Waals surface area contributed by atoms with Gasteiger partial charge in [-0.25, -0.2) is 0 Å². The third-order valence-corrected chi connectivity index (χ3v) is 4.83. The molecule has 2 aromatic carbocycles. The van der Waals surface area contributed by atoms with Crippen LogP contribution in [0.2, 0.25) is 0 Å². The molecule has 1 atom stereocenters. The maximum atomic E-state index is 12.4. The molecule has 1 unspecified atom stereocenters. The normalized spacial score (nSPS) is 11.6. The molecule has 0 aliphatic heterocycles. The molecule has 0 radical (unpaired) electrons. The first-order chi connectivity index (χ1) is 13.8. The van der Waals surface area contributed by atoms with Gasteiger partial charge in [0.05, 0.1) is 13.0 Å². The van der Waals surface area contributed by atoms with Crippen LogP contribution in [0.15, 0.2) is 42.5 Å². The topological polar surface area (TPSA) is 92.7 Å². The second-order valence-electron chi connectivity index (χ2n) is 7.10. The molecular weight excluding hydrogens is 370 g/mol. The number of carboxylic acids is 1. The fraction of sp³-hybridized carbons (Fsp3) is 0.348. The molecule has 0 aromatic heterocycles. The molecule has 1 amide bonds. The Morgan fingerprint density at radius 1 is 1.07 bits per heavy atom. The van der Waals surface area contributed by atoms with Crippen LogP contribution in [-0.2, 0) is 16.0 Å². The van der Waals surface area contributed by atoms with E-state index in [1.165, 1.54) is 7.11 Å². The first kappa shape index (κ1) is 22.1. The number of hydrogen-bond donors (Lipinski definition) is 2. The van der Waals surface area contributed by atoms with Crippen molar-refractivity contribution in [3.8, 4) is 5.75 Å². The van der Waals surface area contributed by atoms with E-state index in [9.17, 15) is 19.5 Å². The Kier molecular flexibility index (Phi) is 7.95. The minimum atomic E-state index is -0.998. The predicted molar refractivity (Wildman–Crippen MR) is 110 cm³/mol. The first-order valence-electron chi connectivity index (χ1n) is 9.53. The number of aliphatic carboxylic acids is 1. The second kappa shape index (κ2) is 10.4. The molecule has 2 N–H and O–H groups in total. The molecule has 6 nitrogen and oxygen atoms in total. The second-order valence-corrected chi connectivity index (χ2v) is 7.10. The summed E-state index contributed by atoms with van der Waals surface area (Å²) < 4.78 is 5.26. The Hall–Kier alpha value is -3.15. The summed E-state index contributed by atoms with van der Waals surface area (Å²) in [6.45, 7) is 3.77. The Morgan fingerprint density at radius 2 is 1.79 bits per heavy atom. The van der Waals surface area contributed by atoms with Crippen LogP contribution in [0, 0.1) is 19.8 Å². The summed E-state index contributed by atoms with van der Waals surface area (Å²) in [4.78, 5) is 36.1. The molecule has 2 aromatic rings. The molecule has 0 heterocycles. The van der Waals surface area contributed by atoms with Gasteiger partial charge in [-0.2, -0.15) is 0 Å². The van der Waals surface area contributed by atoms with Crippen molar-refractivity contribution < 1.29 is 24.2 Å². The van der Waals surface area contributed by atoms with Crippen LogP contribution >= 0.6 is 0 Å². The van der Waals surface area contributed by atoms with Gasteiger partial charge < -0.3 is 15.2 Å². The summed E-state index contributed by atoms with van der Waals surface area (Å²) in [6.07, 6.45) is 0.342. The molecule has 6 heteroatoms. The van der Waals surface area contributed by atoms with Gasteiger partial charge in [-0.15, -0.1) is 0 Å². The van der Waals surface area contributed by atoms with E-state index in [-0.39, 0.29) is 37.5 Å². The number of amides is 1. The quantitative estimate of drug-likeness (QED) is 0.600. The van der Waals surface area contributed by atoms with E-state index in [0.717, 1.165) is 16.7 Å². The zero-order chi connectivity index (χ0) is 21.4. The van der Waals surface area contributed by atoms with E-state index in [0.29, 0.717) is 11.3 Å². The summed E-state index contributed by atoms with van der Waals surface area (Å²) in [5.74, 6) is -1.60. The number of ketones is 1. The number of aryl methyl sites for hydroxylation is 2. The van der Waals surface area contributed by atoms with Gasteiger partial charge in [0.1, 0.15) is 5.75 Å². The monoisotopic (exact) mass is 397 g/mol. The molecule has 0 saturated carbocycles. The van der Waals surface area contributed by atoms with Crippen molar-refractivity contribution in [3.63, 3.8) is 0 Å². The number of hydrogen-bond acceptors (Lipinski definition) is 4. The number of methoxy groups -OCH3 is 1. The molecule has 154 valence electrons. The SMILES string of the molecule is COc1ccccc1CC(CNC(=O)CCC(=O)c1cc(C)ccc1C)C(=O)O. The summed E-state index contributed by atoms with van der Waals surface area (Å²) in [7, 11) is 1.53. The van der Waals surface area contributed by atoms with E-state index >= 15 is 0 Å². The number of carbonyl (C=O) groups is 3. The van der Waals surface area contributed by atoms with E-state index in [1.54, 1.807) is 12.1 Å². The summed E-state index contributed by atoms with van der Waals surface area (Å²) in [5.41, 5.74) is 3.26. The van der Waals surface area contributed by atoms with Crippen LogP contribution in [0.1, 0.15) is 39.9 Å². The minimum Gasteiger partial charge on any atom is -0.496 e. The van der Waals surface area contributed by atoms with Gasteiger partial charge in [-0.05, 0) is 43.5 Å². The zero-order valence-electron chi connectivity index (χ0n) is 17.0. The molecule has 2 rings (SSSR count). The van der Waals surface area contributed by atoms with E-state index in [4.69, 9.17) is 4.74 Å². The molecule has 0 fully saturated rings. The first-order valence-corrected chi connectivity index (χ1v) is 9.53. The maximum absolute atomic E-state index is 12.4. The van der Waals surface area contributed by atoms with Crippen LogP contribution in [0.5, 0.6) is 5.75 Å². The highest BCUT2D eigenvalue weighted by Crippen LogP contribution is 2.21. The van der Waals surface area contributed by atoms with Gasteiger partial charge in [0.2, 0.25) is 5.91 Å². The van der Waals surface area contributed by atoms with Gasteiger partial charge in [-0.3, -0.25) is 14.4 Å². The van der Waals surface area contributed by atoms with Gasteiger partial charge in [0.15, 0.2) is 5.78 Å². The zero-order valence-corrected chi connectivity index (χ0v) is 17.0. The summed E-state index contributed by atoms with van der Waals surface area (Å²) in [6, 6.07) is 12.8. The third kappa shape index (κ3) is 6.45. The van der Waals surface area contributed by atoms with E-state index < -0.39 is 11.9 Å². The van der Waals surface area contributed by atoms with Crippen molar-refractivity contribution >= 4 is 17.7 Å². The largest absolute Gasteiger partial charge is 0.496 e. The summed E-state index contributed by atoms with van der Waals surface area (Å²) in [5, 5.41) is 12.1. The standard InChI is InChI=1S/C23H27NO5/c1-15-8-9-16(2)19(12-15)20(25)10-11-22(26)24-14-18(23(27)28)13-17-6-4-5-7-21(17)29-3/h4-9,12,18H,10-11,13-14H2,1-3H3,(H,24,26)(H,27,28). The number of para-hydroxylation sites is 1. The smallest absolute Gasteiger partial charge is 0.308 e. The van der Waals surface area contributed by atoms with Crippen LogP contribution in [-0.4, -0.2) is 36.4 Å². The van der Waals surface area contributed by atoms with Gasteiger partial charge in [0, 0.05) is 24.9 Å². The Balaban J connectivity index is 1.89. The fourth-order valence-electron chi connectivity index (χ4n) is 3.11. The minimum absolute atomic E-state index is 0.0100. The molecule has 29 heavy (non-hydrogen) atoms. The lowest BCUT2D eigenvalue weighted by atomic mass is 9.98. The lowest BCUT2D eigenvalue weighted by Gasteiger charge is -2.15. The highest BCUT2D eigenvalue weighted by Gasteiger charge is 2.21. The molecular formula is C23H27NO5. The molecule has 0 aliphatic carbocycles. The van der Waals surface area contributed by atoms with Crippen molar-refractivity contribution in [1.82, 2.24) is 5.32 Å². The maximum Gasteiger partial charge on any atom is 0.308 e. The van der Waals surface area contributed by atoms with Crippen LogP contribution in [0.3, 0.4) is 0 Å². The van der Waals surface area contributed by atoms with Crippen LogP contribution in [0.4, 0.5) is 0 Å². The van der Waals surface area contributed by atoms with Crippen molar-refractivity contribution in [2.24, 2.45) is 5.92 Å². The molecule has 0 aliphatic rings. The Morgan fingerprint density at radius 3 is 2.48 bits per heavy atom. The number of carboxylic acid groups (broad SMARTS) is 1. The van der Waals surface area contributed by atoms with Crippen LogP contribution in [0.25, 0.3) is 0 Å². The van der Waals surface area contributed by atoms with Crippen LogP contribution < -0.4 is 10.1 Å². The fourth-order valence-corrected chi connectivity index (χ4v) is 3.11. The average molecular weight is 397 g/mol. The highest BCUT2D eigenvalue weighted by atomic mass is 16.5. The number of ether oxygens (including phenoxy) is 1. The Bertz CT molecular complexity index is 891. The van der Waals surface area contributed by atoms with Crippen molar-refractivity contribution in [3.05, 3.63) is 64.7 Å². The number of rotatable bonds is 10. The average Bonchev–Trinajstić information content (AvgIpc) is 2.71. The van der Waals surface area contributed by atoms with Crippen molar-refractivity contribution in [2.45, 2.75) is 33.1 Å². The summed E-state index contributed by atoms with van der Waals surface area (Å²) >= 11 is 0. The predicted octanol–water partition coefficient (Wildman–Crippen LogP) is 3.33. The lowest BCUT2D eigenvalue weighted by molar-refractivity contribution is -0.141. The molecule has 0 bridgehead atoms. The van der Waals surface area contributed by atoms with Gasteiger partial charge in [0.25, 0.3) is 0 Å². The number of nitrogens with one attached hydrogen (secondary N) is 1. The number of benzene rings is 2. The van der Waals surface area contributed by atoms with Crippen molar-refractivity contribution in [1.29, 1.82) is 0 Å². The number of Topliss-reactive ketones (excluding diaryl/α,β-unsaturated/α-hetero) is 1. The van der Waals surface area contributed by atoms with Gasteiger partial charge >= 0.3 is 5.97 Å². The van der Waals surface area contributed by atoms with E-state index in [1.807, 2.05) is 44.2 Å². The Labute approximate surface area is 170 Å².